The van der Waals surface area contributed by atoms with Gasteiger partial charge in [0.1, 0.15) is 5.37 Å². The molecule has 1 fully saturated rings. The van der Waals surface area contributed by atoms with Gasteiger partial charge in [-0.3, -0.25) is 4.90 Å². The standard InChI is InChI=1S/C22H28N2O2S/c1-27(25,26)22-3-2-13-24(22)14-11-17-4-6-18(7-5-17)19-8-9-21-16-23-12-10-20(21)15-19/h4-9,15,22-23H,2-3,10-14,16H2,1H3. The maximum absolute atomic E-state index is 11.9. The average molecular weight is 385 g/mol. The third kappa shape index (κ3) is 4.26. The van der Waals surface area contributed by atoms with Crippen LogP contribution in [0.3, 0.4) is 0 Å². The highest BCUT2D eigenvalue weighted by molar-refractivity contribution is 7.91. The van der Waals surface area contributed by atoms with Crippen LogP contribution in [0, 0.1) is 0 Å². The molecule has 0 radical (unpaired) electrons. The Balaban J connectivity index is 1.42. The molecule has 0 aromatic heterocycles. The number of nitrogens with one attached hydrogen (secondary N) is 1. The lowest BCUT2D eigenvalue weighted by atomic mass is 9.95. The molecule has 1 atom stereocenters. The SMILES string of the molecule is CS(=O)(=O)C1CCCN1CCc1ccc(-c2ccc3c(c2)CCNC3)cc1. The van der Waals surface area contributed by atoms with E-state index < -0.39 is 9.84 Å². The van der Waals surface area contributed by atoms with E-state index >= 15 is 0 Å². The Morgan fingerprint density at radius 3 is 2.63 bits per heavy atom. The predicted molar refractivity (Wildman–Crippen MR) is 110 cm³/mol. The summed E-state index contributed by atoms with van der Waals surface area (Å²) in [5.41, 5.74) is 6.65. The van der Waals surface area contributed by atoms with Gasteiger partial charge in [-0.1, -0.05) is 42.5 Å². The van der Waals surface area contributed by atoms with Gasteiger partial charge in [-0.2, -0.15) is 0 Å². The summed E-state index contributed by atoms with van der Waals surface area (Å²) in [6.45, 7) is 3.72. The van der Waals surface area contributed by atoms with Crippen molar-refractivity contribution in [1.29, 1.82) is 0 Å². The lowest BCUT2D eigenvalue weighted by Gasteiger charge is -2.22. The van der Waals surface area contributed by atoms with Crippen LogP contribution < -0.4 is 5.32 Å². The van der Waals surface area contributed by atoms with Gasteiger partial charge in [-0.15, -0.1) is 0 Å². The summed E-state index contributed by atoms with van der Waals surface area (Å²) in [4.78, 5) is 2.13. The van der Waals surface area contributed by atoms with Crippen molar-refractivity contribution in [3.63, 3.8) is 0 Å². The van der Waals surface area contributed by atoms with E-state index in [0.29, 0.717) is 0 Å². The average Bonchev–Trinajstić information content (AvgIpc) is 3.16. The Morgan fingerprint density at radius 1 is 1.07 bits per heavy atom. The number of hydrogen-bond acceptors (Lipinski definition) is 4. The van der Waals surface area contributed by atoms with Crippen LogP contribution in [-0.4, -0.2) is 44.6 Å². The van der Waals surface area contributed by atoms with E-state index in [-0.39, 0.29) is 5.37 Å². The zero-order valence-corrected chi connectivity index (χ0v) is 16.8. The van der Waals surface area contributed by atoms with E-state index in [4.69, 9.17) is 0 Å². The van der Waals surface area contributed by atoms with E-state index in [9.17, 15) is 8.42 Å². The zero-order valence-electron chi connectivity index (χ0n) is 15.9. The molecule has 0 saturated carbocycles. The van der Waals surface area contributed by atoms with Crippen LogP contribution in [-0.2, 0) is 29.2 Å². The smallest absolute Gasteiger partial charge is 0.163 e. The largest absolute Gasteiger partial charge is 0.312 e. The molecular formula is C22H28N2O2S. The molecule has 2 aromatic carbocycles. The minimum atomic E-state index is -2.99. The van der Waals surface area contributed by atoms with Gasteiger partial charge in [0, 0.05) is 19.3 Å². The molecule has 1 unspecified atom stereocenters. The fourth-order valence-electron chi connectivity index (χ4n) is 4.33. The van der Waals surface area contributed by atoms with Crippen LogP contribution >= 0.6 is 0 Å². The van der Waals surface area contributed by atoms with Crippen molar-refractivity contribution in [1.82, 2.24) is 10.2 Å². The highest BCUT2D eigenvalue weighted by Gasteiger charge is 2.31. The molecular weight excluding hydrogens is 356 g/mol. The number of nitrogens with zero attached hydrogens (tertiary/aromatic N) is 1. The number of hydrogen-bond donors (Lipinski definition) is 1. The molecule has 5 heteroatoms. The predicted octanol–water partition coefficient (Wildman–Crippen LogP) is 3.01. The first-order chi connectivity index (χ1) is 13.0. The fraction of sp³-hybridized carbons (Fsp3) is 0.455. The van der Waals surface area contributed by atoms with E-state index in [0.717, 1.165) is 51.9 Å². The molecule has 0 bridgehead atoms. The Hall–Kier alpha value is -1.69. The summed E-state index contributed by atoms with van der Waals surface area (Å²) in [6, 6.07) is 15.5. The molecule has 4 nitrogen and oxygen atoms in total. The van der Waals surface area contributed by atoms with Crippen LogP contribution in [0.25, 0.3) is 11.1 Å². The summed E-state index contributed by atoms with van der Waals surface area (Å²) in [5.74, 6) is 0. The third-order valence-electron chi connectivity index (χ3n) is 5.87. The maximum atomic E-state index is 11.9. The third-order valence-corrected chi connectivity index (χ3v) is 7.39. The highest BCUT2D eigenvalue weighted by Crippen LogP contribution is 2.26. The fourth-order valence-corrected chi connectivity index (χ4v) is 5.68. The van der Waals surface area contributed by atoms with E-state index in [1.807, 2.05) is 0 Å². The number of likely N-dealkylation sites (tertiary alicyclic amines) is 1. The van der Waals surface area contributed by atoms with Gasteiger partial charge in [0.05, 0.1) is 0 Å². The highest BCUT2D eigenvalue weighted by atomic mass is 32.2. The normalized spacial score (nSPS) is 20.6. The minimum absolute atomic E-state index is 0.290. The molecule has 1 N–H and O–H groups in total. The number of rotatable bonds is 5. The summed E-state index contributed by atoms with van der Waals surface area (Å²) in [7, 11) is -2.99. The second kappa shape index (κ2) is 7.74. The monoisotopic (exact) mass is 384 g/mol. The first-order valence-electron chi connectivity index (χ1n) is 9.85. The van der Waals surface area contributed by atoms with Gasteiger partial charge in [-0.25, -0.2) is 8.42 Å². The zero-order chi connectivity index (χ0) is 18.9. The Kier molecular flexibility index (Phi) is 5.35. The number of fused-ring (bicyclic) bond motifs is 1. The molecule has 1 saturated heterocycles. The second-order valence-corrected chi connectivity index (χ2v) is 10.0. The van der Waals surface area contributed by atoms with Gasteiger partial charge in [0.15, 0.2) is 9.84 Å². The number of sulfone groups is 1. The van der Waals surface area contributed by atoms with E-state index in [1.54, 1.807) is 0 Å². The molecule has 144 valence electrons. The van der Waals surface area contributed by atoms with Crippen molar-refractivity contribution >= 4 is 9.84 Å². The van der Waals surface area contributed by atoms with Crippen molar-refractivity contribution in [3.05, 3.63) is 59.2 Å². The molecule has 0 aliphatic carbocycles. The second-order valence-electron chi connectivity index (χ2n) is 7.82. The van der Waals surface area contributed by atoms with Gasteiger partial charge in [0.2, 0.25) is 0 Å². The minimum Gasteiger partial charge on any atom is -0.312 e. The molecule has 2 aliphatic rings. The first kappa shape index (κ1) is 18.7. The Bertz CT molecular complexity index is 906. The van der Waals surface area contributed by atoms with Crippen molar-refractivity contribution < 1.29 is 8.42 Å². The Morgan fingerprint density at radius 2 is 1.85 bits per heavy atom. The van der Waals surface area contributed by atoms with Crippen LogP contribution in [0.5, 0.6) is 0 Å². The Labute approximate surface area is 162 Å². The quantitative estimate of drug-likeness (QED) is 0.861. The molecule has 0 amide bonds. The lowest BCUT2D eigenvalue weighted by Crippen LogP contribution is -2.36. The van der Waals surface area contributed by atoms with Crippen molar-refractivity contribution in [3.8, 4) is 11.1 Å². The molecule has 27 heavy (non-hydrogen) atoms. The van der Waals surface area contributed by atoms with Crippen LogP contribution in [0.4, 0.5) is 0 Å². The summed E-state index contributed by atoms with van der Waals surface area (Å²) in [6.07, 6.45) is 5.09. The van der Waals surface area contributed by atoms with Crippen molar-refractivity contribution in [2.24, 2.45) is 0 Å². The van der Waals surface area contributed by atoms with E-state index in [1.165, 1.54) is 34.1 Å². The first-order valence-corrected chi connectivity index (χ1v) is 11.8. The van der Waals surface area contributed by atoms with Crippen LogP contribution in [0.1, 0.15) is 29.5 Å². The molecule has 0 spiro atoms. The summed E-state index contributed by atoms with van der Waals surface area (Å²) < 4.78 is 23.8. The maximum Gasteiger partial charge on any atom is 0.163 e. The van der Waals surface area contributed by atoms with Gasteiger partial charge in [-0.05, 0) is 66.6 Å². The van der Waals surface area contributed by atoms with Gasteiger partial charge in [0.25, 0.3) is 0 Å². The molecule has 2 heterocycles. The molecule has 4 rings (SSSR count). The lowest BCUT2D eigenvalue weighted by molar-refractivity contribution is 0.310. The van der Waals surface area contributed by atoms with Crippen LogP contribution in [0.2, 0.25) is 0 Å². The van der Waals surface area contributed by atoms with Crippen LogP contribution in [0.15, 0.2) is 42.5 Å². The molecule has 2 aliphatic heterocycles. The van der Waals surface area contributed by atoms with Crippen molar-refractivity contribution in [2.45, 2.75) is 37.6 Å². The van der Waals surface area contributed by atoms with Gasteiger partial charge >= 0.3 is 0 Å². The van der Waals surface area contributed by atoms with Crippen molar-refractivity contribution in [2.75, 3.05) is 25.9 Å². The topological polar surface area (TPSA) is 49.4 Å². The summed E-state index contributed by atoms with van der Waals surface area (Å²) in [5, 5.41) is 3.13. The summed E-state index contributed by atoms with van der Waals surface area (Å²) >= 11 is 0. The van der Waals surface area contributed by atoms with Gasteiger partial charge < -0.3 is 5.32 Å². The number of benzene rings is 2. The molecule has 2 aromatic rings. The van der Waals surface area contributed by atoms with E-state index in [2.05, 4.69) is 52.7 Å².